The number of cyclic esters (lactones) is 3. The van der Waals surface area contributed by atoms with E-state index in [0.717, 1.165) is 51.4 Å². The Morgan fingerprint density at radius 1 is 0.622 bits per heavy atom. The van der Waals surface area contributed by atoms with Crippen molar-refractivity contribution in [1.82, 2.24) is 0 Å². The second-order valence-electron chi connectivity index (χ2n) is 28.1. The summed E-state index contributed by atoms with van der Waals surface area (Å²) in [5, 5.41) is 11.9. The minimum absolute atomic E-state index is 0. The normalized spacial score (nSPS) is 40.3. The Hall–Kier alpha value is -2.82. The van der Waals surface area contributed by atoms with E-state index in [1.54, 1.807) is 6.92 Å². The molecule has 430 valence electrons. The van der Waals surface area contributed by atoms with Crippen molar-refractivity contribution in [3.63, 3.8) is 0 Å². The zero-order chi connectivity index (χ0) is 47.9. The van der Waals surface area contributed by atoms with E-state index in [1.165, 1.54) is 0 Å². The Balaban J connectivity index is 0.00000234. The largest absolute Gasteiger partial charge is 0.465 e. The lowest BCUT2D eigenvalue weighted by Crippen LogP contribution is -2.64. The standard InChI is InChI=1S/C55H80O11.8CH4/c1-28-35-16-36(37-24-63-43(58)38(35)37)39(28)47(3,4)25-51(11,45(60)65-50(9,10)53-17-31-13-32(18-53)20-54(62,19-31)27-53)48(5,6)26-52(12,49(7,8)40-29(2)42(57)64-44(40)59)46(61)66-55-21-30-14-33(22-55)41(56)34(15-30)23-55;;;;;;;;/h28-40,62H,13-27H2,1-12H3;8*1H4. The molecule has 11 nitrogen and oxygen atoms in total. The molecule has 12 rings (SSSR count). The maximum atomic E-state index is 16.1. The first-order valence-electron chi connectivity index (χ1n) is 26.1. The van der Waals surface area contributed by atoms with Gasteiger partial charge in [-0.25, -0.2) is 0 Å². The van der Waals surface area contributed by atoms with Crippen molar-refractivity contribution < 1.29 is 52.8 Å². The molecule has 0 radical (unpaired) electrons. The second-order valence-corrected chi connectivity index (χ2v) is 28.1. The minimum Gasteiger partial charge on any atom is -0.465 e. The number of ether oxygens (including phenoxy) is 4. The summed E-state index contributed by atoms with van der Waals surface area (Å²) in [6, 6.07) is 0. The Bertz CT molecular complexity index is 2100. The van der Waals surface area contributed by atoms with Crippen LogP contribution in [0.2, 0.25) is 0 Å². The van der Waals surface area contributed by atoms with Gasteiger partial charge in [0.1, 0.15) is 17.0 Å². The number of esters is 5. The van der Waals surface area contributed by atoms with Gasteiger partial charge in [-0.15, -0.1) is 0 Å². The zero-order valence-corrected chi connectivity index (χ0v) is 42.1. The molecule has 2 heterocycles. The lowest BCUT2D eigenvalue weighted by atomic mass is 9.44. The fourth-order valence-corrected chi connectivity index (χ4v) is 19.6. The van der Waals surface area contributed by atoms with Crippen LogP contribution in [0, 0.1) is 109 Å². The Morgan fingerprint density at radius 2 is 1.18 bits per heavy atom. The molecule has 74 heavy (non-hydrogen) atoms. The summed E-state index contributed by atoms with van der Waals surface area (Å²) in [5.41, 5.74) is -8.12. The first kappa shape index (κ1) is 67.3. The highest BCUT2D eigenvalue weighted by Crippen LogP contribution is 2.70. The van der Waals surface area contributed by atoms with Gasteiger partial charge in [-0.1, -0.05) is 115 Å². The lowest BCUT2D eigenvalue weighted by molar-refractivity contribution is -0.241. The molecule has 14 atom stereocenters. The third-order valence-electron chi connectivity index (χ3n) is 22.7. The van der Waals surface area contributed by atoms with Gasteiger partial charge in [0.05, 0.1) is 40.8 Å². The van der Waals surface area contributed by atoms with Gasteiger partial charge < -0.3 is 24.1 Å². The zero-order valence-electron chi connectivity index (χ0n) is 42.1. The number of rotatable bonds is 13. The fourth-order valence-electron chi connectivity index (χ4n) is 19.6. The fraction of sp³-hybridized carbons (Fsp3) is 0.905. The van der Waals surface area contributed by atoms with Crippen molar-refractivity contribution in [3.8, 4) is 0 Å². The summed E-state index contributed by atoms with van der Waals surface area (Å²) >= 11 is 0. The molecular formula is C63H112O11. The predicted octanol–water partition coefficient (Wildman–Crippen LogP) is 14.3. The quantitative estimate of drug-likeness (QED) is 0.106. The number of aliphatic hydroxyl groups is 1. The van der Waals surface area contributed by atoms with Gasteiger partial charge >= 0.3 is 29.8 Å². The lowest BCUT2D eigenvalue weighted by Gasteiger charge is -2.64. The van der Waals surface area contributed by atoms with Crippen molar-refractivity contribution in [3.05, 3.63) is 0 Å². The summed E-state index contributed by atoms with van der Waals surface area (Å²) in [4.78, 5) is 85.2. The van der Waals surface area contributed by atoms with Crippen LogP contribution in [-0.4, -0.2) is 64.1 Å². The third-order valence-corrected chi connectivity index (χ3v) is 22.7. The number of hydrogen-bond donors (Lipinski definition) is 1. The van der Waals surface area contributed by atoms with Crippen molar-refractivity contribution in [2.24, 2.45) is 109 Å². The summed E-state index contributed by atoms with van der Waals surface area (Å²) in [6.45, 7) is 24.9. The van der Waals surface area contributed by atoms with Crippen LogP contribution in [0.4, 0.5) is 0 Å². The van der Waals surface area contributed by atoms with E-state index >= 15 is 9.59 Å². The molecule has 0 amide bonds. The SMILES string of the molecule is C.C.C.C.C.C.C.C.CC1C(=O)OC(=O)C1C(C)(C)C(C)(CC(C)(C)C(C)(CC(C)(C)C1C(C)C2CC1C1COC(=O)C21)C(=O)OC(C)(C)C12CC3CC(CC(O)(C3)C1)C2)C(=O)OC12CC3CC(C1)C(=O)C(C3)C2. The highest BCUT2D eigenvalue weighted by Gasteiger charge is 2.70. The number of carbonyl (C=O) groups is 6. The monoisotopic (exact) mass is 1040 g/mol. The summed E-state index contributed by atoms with van der Waals surface area (Å²) in [5.74, 6) is -1.78. The maximum absolute atomic E-state index is 16.1. The number of carbonyl (C=O) groups excluding carboxylic acids is 6. The van der Waals surface area contributed by atoms with Crippen molar-refractivity contribution >= 4 is 35.6 Å². The predicted molar refractivity (Wildman–Crippen MR) is 296 cm³/mol. The molecule has 1 N–H and O–H groups in total. The van der Waals surface area contributed by atoms with Gasteiger partial charge in [0.2, 0.25) is 0 Å². The van der Waals surface area contributed by atoms with Gasteiger partial charge in [0.15, 0.2) is 0 Å². The summed E-state index contributed by atoms with van der Waals surface area (Å²) in [6.07, 6.45) is 10.0. The van der Waals surface area contributed by atoms with Crippen LogP contribution >= 0.6 is 0 Å². The number of hydrogen-bond acceptors (Lipinski definition) is 11. The van der Waals surface area contributed by atoms with Gasteiger partial charge in [0.25, 0.3) is 0 Å². The molecule has 0 aromatic rings. The van der Waals surface area contributed by atoms with E-state index in [1.807, 2.05) is 27.7 Å². The first-order chi connectivity index (χ1) is 30.4. The highest BCUT2D eigenvalue weighted by atomic mass is 16.6. The van der Waals surface area contributed by atoms with Crippen LogP contribution in [0.3, 0.4) is 0 Å². The molecule has 12 aliphatic rings. The molecule has 0 spiro atoms. The molecular weight excluding hydrogens is 933 g/mol. The van der Waals surface area contributed by atoms with Crippen molar-refractivity contribution in [2.75, 3.05) is 6.61 Å². The van der Waals surface area contributed by atoms with Crippen LogP contribution in [0.5, 0.6) is 0 Å². The number of ketones is 1. The number of Topliss-reactive ketones (excluding diaryl/α,β-unsaturated/α-hetero) is 1. The molecule has 0 aromatic heterocycles. The topological polar surface area (TPSA) is 160 Å². The Morgan fingerprint density at radius 3 is 1.69 bits per heavy atom. The van der Waals surface area contributed by atoms with E-state index < -0.39 is 73.6 Å². The van der Waals surface area contributed by atoms with E-state index in [9.17, 15) is 24.3 Å². The molecule has 10 aliphatic carbocycles. The Labute approximate surface area is 452 Å². The third kappa shape index (κ3) is 9.48. The molecule has 12 fully saturated rings. The molecule has 14 unspecified atom stereocenters. The van der Waals surface area contributed by atoms with Gasteiger partial charge in [-0.3, -0.25) is 28.8 Å². The molecule has 0 aromatic carbocycles. The minimum atomic E-state index is -1.44. The smallest absolute Gasteiger partial charge is 0.318 e. The molecule has 11 heteroatoms. The van der Waals surface area contributed by atoms with Crippen LogP contribution < -0.4 is 0 Å². The van der Waals surface area contributed by atoms with E-state index in [2.05, 4.69) is 48.5 Å². The van der Waals surface area contributed by atoms with Gasteiger partial charge in [0, 0.05) is 23.2 Å². The molecule has 2 aliphatic heterocycles. The average molecular weight is 1050 g/mol. The number of fused-ring (bicyclic) bond motifs is 5. The van der Waals surface area contributed by atoms with Gasteiger partial charge in [-0.2, -0.15) is 0 Å². The van der Waals surface area contributed by atoms with E-state index in [-0.39, 0.29) is 136 Å². The molecule has 2 saturated heterocycles. The van der Waals surface area contributed by atoms with E-state index in [4.69, 9.17) is 18.9 Å². The Kier molecular flexibility index (Phi) is 18.9. The average Bonchev–Trinajstić information content (AvgIpc) is 3.91. The van der Waals surface area contributed by atoms with Crippen molar-refractivity contribution in [1.29, 1.82) is 0 Å². The highest BCUT2D eigenvalue weighted by molar-refractivity contribution is 5.97. The van der Waals surface area contributed by atoms with Crippen LogP contribution in [-0.2, 0) is 47.7 Å². The van der Waals surface area contributed by atoms with Crippen molar-refractivity contribution in [2.45, 2.75) is 249 Å². The van der Waals surface area contributed by atoms with Crippen LogP contribution in [0.15, 0.2) is 0 Å². The first-order valence-corrected chi connectivity index (χ1v) is 26.1. The maximum Gasteiger partial charge on any atom is 0.318 e. The second kappa shape index (κ2) is 20.8. The summed E-state index contributed by atoms with van der Waals surface area (Å²) < 4.78 is 25.0. The van der Waals surface area contributed by atoms with Crippen LogP contribution in [0.25, 0.3) is 0 Å². The van der Waals surface area contributed by atoms with Gasteiger partial charge in [-0.05, 0) is 175 Å². The molecule has 10 bridgehead atoms. The van der Waals surface area contributed by atoms with E-state index in [0.29, 0.717) is 56.5 Å². The summed E-state index contributed by atoms with van der Waals surface area (Å²) in [7, 11) is 0. The molecule has 10 saturated carbocycles. The van der Waals surface area contributed by atoms with Crippen LogP contribution in [0.1, 0.15) is 232 Å².